The van der Waals surface area contributed by atoms with Gasteiger partial charge in [-0.05, 0) is 36.4 Å². The van der Waals surface area contributed by atoms with Crippen LogP contribution in [0, 0.1) is 0 Å². The van der Waals surface area contributed by atoms with Crippen LogP contribution >= 0.6 is 15.9 Å². The molecule has 0 spiro atoms. The maximum Gasteiger partial charge on any atom is 0.263 e. The molecule has 0 aliphatic heterocycles. The Hall–Kier alpha value is -1.47. The van der Waals surface area contributed by atoms with Gasteiger partial charge in [-0.3, -0.25) is 4.72 Å². The minimum atomic E-state index is -3.60. The van der Waals surface area contributed by atoms with E-state index in [2.05, 4.69) is 30.8 Å². The summed E-state index contributed by atoms with van der Waals surface area (Å²) < 4.78 is 27.0. The molecule has 0 bridgehead atoms. The first-order valence-corrected chi connectivity index (χ1v) is 6.92. The number of anilines is 1. The molecule has 2 rings (SSSR count). The highest BCUT2D eigenvalue weighted by Gasteiger charge is 2.14. The molecular formula is C10H8BrN3O2S. The Morgan fingerprint density at radius 3 is 2.41 bits per heavy atom. The quantitative estimate of drug-likeness (QED) is 0.941. The van der Waals surface area contributed by atoms with Gasteiger partial charge in [0.15, 0.2) is 5.82 Å². The van der Waals surface area contributed by atoms with Crippen molar-refractivity contribution < 1.29 is 8.42 Å². The van der Waals surface area contributed by atoms with Crippen LogP contribution in [0.5, 0.6) is 0 Å². The van der Waals surface area contributed by atoms with Crippen LogP contribution in [-0.2, 0) is 10.0 Å². The average molecular weight is 314 g/mol. The van der Waals surface area contributed by atoms with Gasteiger partial charge < -0.3 is 0 Å². The summed E-state index contributed by atoms with van der Waals surface area (Å²) in [6.07, 6.45) is 1.47. The van der Waals surface area contributed by atoms with Crippen LogP contribution in [-0.4, -0.2) is 18.6 Å². The minimum absolute atomic E-state index is 0.173. The lowest BCUT2D eigenvalue weighted by molar-refractivity contribution is 0.601. The Labute approximate surface area is 107 Å². The number of rotatable bonds is 3. The average Bonchev–Trinajstić information content (AvgIpc) is 2.30. The summed E-state index contributed by atoms with van der Waals surface area (Å²) in [6.45, 7) is 0. The lowest BCUT2D eigenvalue weighted by Gasteiger charge is -2.06. The van der Waals surface area contributed by atoms with E-state index in [1.54, 1.807) is 18.2 Å². The van der Waals surface area contributed by atoms with Crippen molar-refractivity contribution in [3.63, 3.8) is 0 Å². The van der Waals surface area contributed by atoms with Gasteiger partial charge in [-0.2, -0.15) is 5.10 Å². The molecule has 0 fully saturated rings. The lowest BCUT2D eigenvalue weighted by Crippen LogP contribution is -2.13. The number of hydrogen-bond acceptors (Lipinski definition) is 4. The van der Waals surface area contributed by atoms with Crippen molar-refractivity contribution in [2.45, 2.75) is 4.90 Å². The first-order chi connectivity index (χ1) is 8.08. The van der Waals surface area contributed by atoms with Crippen molar-refractivity contribution in [3.8, 4) is 0 Å². The Bertz CT molecular complexity index is 599. The van der Waals surface area contributed by atoms with E-state index < -0.39 is 10.0 Å². The smallest absolute Gasteiger partial charge is 0.262 e. The van der Waals surface area contributed by atoms with Crippen molar-refractivity contribution in [2.75, 3.05) is 4.72 Å². The van der Waals surface area contributed by atoms with Crippen molar-refractivity contribution in [1.82, 2.24) is 10.2 Å². The van der Waals surface area contributed by atoms with E-state index in [0.29, 0.717) is 0 Å². The van der Waals surface area contributed by atoms with Gasteiger partial charge >= 0.3 is 0 Å². The molecule has 17 heavy (non-hydrogen) atoms. The molecule has 0 aliphatic carbocycles. The normalized spacial score (nSPS) is 11.1. The third-order valence-corrected chi connectivity index (χ3v) is 3.83. The van der Waals surface area contributed by atoms with E-state index in [-0.39, 0.29) is 10.7 Å². The molecule has 0 radical (unpaired) electrons. The molecule has 0 atom stereocenters. The Balaban J connectivity index is 2.29. The molecule has 5 nitrogen and oxygen atoms in total. The van der Waals surface area contributed by atoms with Gasteiger partial charge in [0.25, 0.3) is 10.0 Å². The van der Waals surface area contributed by atoms with Gasteiger partial charge in [0.2, 0.25) is 0 Å². The fraction of sp³-hybridized carbons (Fsp3) is 0. The van der Waals surface area contributed by atoms with E-state index in [1.165, 1.54) is 24.4 Å². The highest BCUT2D eigenvalue weighted by molar-refractivity contribution is 9.10. The number of aromatic nitrogens is 2. The summed E-state index contributed by atoms with van der Waals surface area (Å²) in [5.74, 6) is 0.190. The molecule has 88 valence electrons. The molecule has 0 aliphatic rings. The zero-order valence-corrected chi connectivity index (χ0v) is 10.9. The molecule has 0 saturated heterocycles. The molecule has 0 amide bonds. The van der Waals surface area contributed by atoms with E-state index in [1.807, 2.05) is 0 Å². The van der Waals surface area contributed by atoms with E-state index in [9.17, 15) is 8.42 Å². The monoisotopic (exact) mass is 313 g/mol. The predicted molar refractivity (Wildman–Crippen MR) is 67.0 cm³/mol. The highest BCUT2D eigenvalue weighted by atomic mass is 79.9. The fourth-order valence-corrected chi connectivity index (χ4v) is 2.43. The van der Waals surface area contributed by atoms with Gasteiger partial charge in [-0.25, -0.2) is 8.42 Å². The molecule has 1 heterocycles. The van der Waals surface area contributed by atoms with Crippen molar-refractivity contribution in [1.29, 1.82) is 0 Å². The van der Waals surface area contributed by atoms with Crippen LogP contribution in [0.25, 0.3) is 0 Å². The van der Waals surface area contributed by atoms with Gasteiger partial charge in [-0.15, -0.1) is 5.10 Å². The van der Waals surface area contributed by atoms with Crippen molar-refractivity contribution >= 4 is 31.8 Å². The third-order valence-electron chi connectivity index (χ3n) is 1.94. The van der Waals surface area contributed by atoms with Gasteiger partial charge in [0.05, 0.1) is 4.90 Å². The summed E-state index contributed by atoms with van der Waals surface area (Å²) in [4.78, 5) is 0.173. The van der Waals surface area contributed by atoms with Crippen LogP contribution in [0.4, 0.5) is 5.82 Å². The maximum absolute atomic E-state index is 11.9. The second kappa shape index (κ2) is 4.80. The molecule has 7 heteroatoms. The number of halogens is 1. The second-order valence-corrected chi connectivity index (χ2v) is 5.77. The number of nitrogens with one attached hydrogen (secondary N) is 1. The molecule has 0 unspecified atom stereocenters. The van der Waals surface area contributed by atoms with E-state index in [4.69, 9.17) is 0 Å². The molecule has 1 N–H and O–H groups in total. The topological polar surface area (TPSA) is 72.0 Å². The second-order valence-electron chi connectivity index (χ2n) is 3.17. The number of hydrogen-bond donors (Lipinski definition) is 1. The van der Waals surface area contributed by atoms with Gasteiger partial charge in [0, 0.05) is 10.7 Å². The largest absolute Gasteiger partial charge is 0.263 e. The Morgan fingerprint density at radius 2 is 1.82 bits per heavy atom. The number of nitrogens with zero attached hydrogens (tertiary/aromatic N) is 2. The van der Waals surface area contributed by atoms with Crippen molar-refractivity contribution in [2.24, 2.45) is 0 Å². The molecule has 2 aromatic rings. The van der Waals surface area contributed by atoms with Gasteiger partial charge in [0.1, 0.15) is 0 Å². The summed E-state index contributed by atoms with van der Waals surface area (Å²) >= 11 is 3.24. The molecule has 0 saturated carbocycles. The first kappa shape index (κ1) is 12.0. The van der Waals surface area contributed by atoms with Crippen LogP contribution < -0.4 is 4.72 Å². The Kier molecular flexibility index (Phi) is 3.39. The highest BCUT2D eigenvalue weighted by Crippen LogP contribution is 2.16. The lowest BCUT2D eigenvalue weighted by atomic mass is 10.4. The van der Waals surface area contributed by atoms with Crippen LogP contribution in [0.1, 0.15) is 0 Å². The van der Waals surface area contributed by atoms with Crippen molar-refractivity contribution in [3.05, 3.63) is 47.1 Å². The third kappa shape index (κ3) is 3.01. The minimum Gasteiger partial charge on any atom is -0.262 e. The SMILES string of the molecule is O=S(=O)(Nc1cccnn1)c1ccc(Br)cc1. The van der Waals surface area contributed by atoms with Crippen LogP contribution in [0.15, 0.2) is 52.0 Å². The summed E-state index contributed by atoms with van der Waals surface area (Å²) in [7, 11) is -3.60. The fourth-order valence-electron chi connectivity index (χ4n) is 1.17. The van der Waals surface area contributed by atoms with Crippen LogP contribution in [0.2, 0.25) is 0 Å². The Morgan fingerprint density at radius 1 is 1.12 bits per heavy atom. The van der Waals surface area contributed by atoms with Gasteiger partial charge in [-0.1, -0.05) is 15.9 Å². The maximum atomic E-state index is 11.9. The number of benzene rings is 1. The first-order valence-electron chi connectivity index (χ1n) is 4.64. The molecule has 1 aromatic heterocycles. The predicted octanol–water partition coefficient (Wildman–Crippen LogP) is 2.04. The summed E-state index contributed by atoms with van der Waals surface area (Å²) in [5, 5.41) is 7.25. The molecule has 1 aromatic carbocycles. The zero-order chi connectivity index (χ0) is 12.3. The zero-order valence-electron chi connectivity index (χ0n) is 8.54. The van der Waals surface area contributed by atoms with Crippen LogP contribution in [0.3, 0.4) is 0 Å². The van der Waals surface area contributed by atoms with E-state index in [0.717, 1.165) is 4.47 Å². The van der Waals surface area contributed by atoms with E-state index >= 15 is 0 Å². The molecular weight excluding hydrogens is 306 g/mol. The summed E-state index contributed by atoms with van der Waals surface area (Å²) in [5.41, 5.74) is 0. The number of sulfonamides is 1. The summed E-state index contributed by atoms with van der Waals surface area (Å²) in [6, 6.07) is 9.46. The standard InChI is InChI=1S/C10H8BrN3O2S/c11-8-3-5-9(6-4-8)17(15,16)14-10-2-1-7-12-13-10/h1-7H,(H,13,14).